The quantitative estimate of drug-likeness (QED) is 0.0294. The number of hydrogen-bond acceptors (Lipinski definition) is 15. The lowest BCUT2D eigenvalue weighted by Crippen LogP contribution is -2.38. The molecule has 1 saturated heterocycles. The number of alkyl halides is 1. The molecule has 3 aromatic carbocycles. The van der Waals surface area contributed by atoms with Crippen LogP contribution in [0.5, 0.6) is 5.75 Å². The van der Waals surface area contributed by atoms with Crippen LogP contribution in [0.25, 0.3) is 32.6 Å². The largest absolute Gasteiger partial charge is 0.491 e. The zero-order valence-electron chi connectivity index (χ0n) is 43.6. The number of nitrogens with zero attached hydrogens (tertiary/aromatic N) is 4. The van der Waals surface area contributed by atoms with E-state index < -0.39 is 75.5 Å². The molecule has 23 heteroatoms. The zero-order valence-corrected chi connectivity index (χ0v) is 45.2. The first-order valence-corrected chi connectivity index (χ1v) is 28.2. The Bertz CT molecular complexity index is 3370. The van der Waals surface area contributed by atoms with Gasteiger partial charge in [0.15, 0.2) is 5.82 Å². The van der Waals surface area contributed by atoms with Crippen molar-refractivity contribution in [2.45, 2.75) is 70.7 Å². The minimum absolute atomic E-state index is 0.0140. The second-order valence-electron chi connectivity index (χ2n) is 19.6. The maximum atomic E-state index is 15.7. The number of ketones is 2. The summed E-state index contributed by atoms with van der Waals surface area (Å²) in [6, 6.07) is 19.7. The van der Waals surface area contributed by atoms with Gasteiger partial charge >= 0.3 is 10.2 Å². The van der Waals surface area contributed by atoms with Gasteiger partial charge in [0.2, 0.25) is 11.7 Å². The van der Waals surface area contributed by atoms with Crippen LogP contribution in [-0.2, 0) is 34.0 Å². The third kappa shape index (κ3) is 13.6. The van der Waals surface area contributed by atoms with Crippen LogP contribution >= 0.6 is 11.3 Å². The first-order valence-electron chi connectivity index (χ1n) is 25.9. The molecule has 1 saturated carbocycles. The van der Waals surface area contributed by atoms with Gasteiger partial charge in [-0.05, 0) is 93.5 Å². The standard InChI is InChI=1S/C56H60F3N7O11S2/c1-32-24-49(77-64-32)42(52(68)43-26-40(67)27-45(43)56(70)63-33(2)35-4-6-37(7-5-35)54-34(3)62-31-78-54)15-17-73-18-19-74-20-21-75-22-23-76-41-10-8-36(9-11-41)38-25-44-46(29-61-55(44)60-28-38)53(69)50-47(58)12-13-48(51(50)59)65-79(71,72)66-16-14-39(57)30-66/h4-13,24-25,28-29,31,33,39-40,42-43,45,65,67H,14-23,26-27,30H2,1-3H3,(H,60,61)(H,63,70)/t33-,39+,40-,42-,43?,45+/m0/s1. The highest BCUT2D eigenvalue weighted by atomic mass is 32.2. The average molecular weight is 1130 g/mol. The van der Waals surface area contributed by atoms with Crippen LogP contribution < -0.4 is 14.8 Å². The molecular formula is C56H60F3N7O11S2. The van der Waals surface area contributed by atoms with Gasteiger partial charge in [-0.2, -0.15) is 12.7 Å². The number of benzene rings is 3. The van der Waals surface area contributed by atoms with E-state index in [1.165, 1.54) is 6.20 Å². The van der Waals surface area contributed by atoms with Crippen LogP contribution in [0.1, 0.15) is 83.2 Å². The SMILES string of the molecule is Cc1cc([C@H](CCOCCOCCOCCOc2ccc(-c3cnc4[nH]cc(C(=O)c5c(F)ccc(NS(=O)(=O)N6CC[C@@H](F)C6)c5F)c4c3)cc2)C(=O)C2C[C@H](O)C[C@H]2C(=O)N[C@@H](C)c2ccc(-c3scnc3C)cc2)on1. The number of Topliss-reactive ketones (excluding diaryl/α,β-unsaturated/α-hetero) is 1. The number of anilines is 1. The molecule has 4 N–H and O–H groups in total. The Morgan fingerprint density at radius 2 is 1.58 bits per heavy atom. The molecule has 0 spiro atoms. The summed E-state index contributed by atoms with van der Waals surface area (Å²) in [5.41, 5.74) is 5.19. The van der Waals surface area contributed by atoms with Crippen molar-refractivity contribution in [2.24, 2.45) is 11.8 Å². The number of ether oxygens (including phenoxy) is 4. The van der Waals surface area contributed by atoms with Gasteiger partial charge in [-0.1, -0.05) is 41.6 Å². The van der Waals surface area contributed by atoms with E-state index in [2.05, 4.69) is 25.4 Å². The predicted octanol–water partition coefficient (Wildman–Crippen LogP) is 8.60. The molecule has 0 bridgehead atoms. The number of aliphatic hydroxyl groups excluding tert-OH is 1. The smallest absolute Gasteiger partial charge is 0.301 e. The number of hydrogen-bond donors (Lipinski definition) is 4. The second-order valence-corrected chi connectivity index (χ2v) is 22.1. The van der Waals surface area contributed by atoms with Crippen molar-refractivity contribution < 1.29 is 64.5 Å². The van der Waals surface area contributed by atoms with E-state index in [1.807, 2.05) is 48.3 Å². The van der Waals surface area contributed by atoms with E-state index in [0.29, 0.717) is 41.5 Å². The number of halogens is 3. The lowest BCUT2D eigenvalue weighted by Gasteiger charge is -2.24. The molecule has 6 atom stereocenters. The van der Waals surface area contributed by atoms with Crippen LogP contribution in [0.3, 0.4) is 0 Å². The summed E-state index contributed by atoms with van der Waals surface area (Å²) in [7, 11) is -4.38. The van der Waals surface area contributed by atoms with Crippen molar-refractivity contribution in [3.05, 3.63) is 136 Å². The molecule has 1 amide bonds. The molecule has 2 fully saturated rings. The van der Waals surface area contributed by atoms with Crippen LogP contribution in [0.15, 0.2) is 95.2 Å². The fourth-order valence-corrected chi connectivity index (χ4v) is 12.0. The average Bonchev–Trinajstić information content (AvgIpc) is 4.32. The normalized spacial score (nSPS) is 18.5. The summed E-state index contributed by atoms with van der Waals surface area (Å²) in [6.45, 7) is 6.97. The topological polar surface area (TPSA) is 237 Å². The fraction of sp³-hybridized carbons (Fsp3) is 0.393. The summed E-state index contributed by atoms with van der Waals surface area (Å²) < 4.78 is 102. The minimum atomic E-state index is -4.38. The molecule has 1 aliphatic heterocycles. The number of rotatable bonds is 26. The van der Waals surface area contributed by atoms with Crippen LogP contribution in [-0.4, -0.2) is 127 Å². The summed E-state index contributed by atoms with van der Waals surface area (Å²) in [5.74, 6) is -5.39. The molecule has 18 nitrogen and oxygen atoms in total. The monoisotopic (exact) mass is 1130 g/mol. The Kier molecular flexibility index (Phi) is 18.4. The third-order valence-corrected chi connectivity index (χ3v) is 16.6. The predicted molar refractivity (Wildman–Crippen MR) is 288 cm³/mol. The molecule has 418 valence electrons. The van der Waals surface area contributed by atoms with Gasteiger partial charge in [0.25, 0.3) is 0 Å². The van der Waals surface area contributed by atoms with Gasteiger partial charge in [0.1, 0.15) is 41.5 Å². The fourth-order valence-electron chi connectivity index (χ4n) is 9.89. The van der Waals surface area contributed by atoms with Crippen molar-refractivity contribution in [1.82, 2.24) is 29.7 Å². The summed E-state index contributed by atoms with van der Waals surface area (Å²) in [4.78, 5) is 54.3. The first-order chi connectivity index (χ1) is 38.0. The molecule has 4 aromatic heterocycles. The van der Waals surface area contributed by atoms with E-state index in [-0.39, 0.29) is 99.6 Å². The maximum absolute atomic E-state index is 15.7. The summed E-state index contributed by atoms with van der Waals surface area (Å²) >= 11 is 1.57. The number of fused-ring (bicyclic) bond motifs is 1. The van der Waals surface area contributed by atoms with Crippen LogP contribution in [0.2, 0.25) is 0 Å². The number of aromatic amines is 1. The Morgan fingerprint density at radius 1 is 0.886 bits per heavy atom. The molecule has 79 heavy (non-hydrogen) atoms. The molecule has 2 aliphatic rings. The van der Waals surface area contributed by atoms with Gasteiger partial charge in [-0.15, -0.1) is 11.3 Å². The first kappa shape index (κ1) is 56.8. The van der Waals surface area contributed by atoms with Crippen molar-refractivity contribution in [3.63, 3.8) is 0 Å². The highest BCUT2D eigenvalue weighted by molar-refractivity contribution is 7.90. The lowest BCUT2D eigenvalue weighted by atomic mass is 9.82. The van der Waals surface area contributed by atoms with Gasteiger partial charge in [0.05, 0.1) is 90.0 Å². The number of aliphatic hydroxyl groups is 1. The Hall–Kier alpha value is -6.86. The lowest BCUT2D eigenvalue weighted by molar-refractivity contribution is -0.134. The molecule has 1 aliphatic carbocycles. The number of aryl methyl sites for hydroxylation is 2. The van der Waals surface area contributed by atoms with Crippen LogP contribution in [0.4, 0.5) is 18.9 Å². The number of H-pyrrole nitrogens is 1. The van der Waals surface area contributed by atoms with E-state index in [9.17, 15) is 32.3 Å². The van der Waals surface area contributed by atoms with E-state index in [4.69, 9.17) is 23.5 Å². The highest BCUT2D eigenvalue weighted by Crippen LogP contribution is 2.39. The molecule has 9 rings (SSSR count). The second kappa shape index (κ2) is 25.5. The van der Waals surface area contributed by atoms with Crippen molar-refractivity contribution >= 4 is 55.7 Å². The zero-order chi connectivity index (χ0) is 55.8. The minimum Gasteiger partial charge on any atom is -0.491 e. The molecule has 5 heterocycles. The van der Waals surface area contributed by atoms with Crippen molar-refractivity contribution in [2.75, 3.05) is 64.1 Å². The van der Waals surface area contributed by atoms with Gasteiger partial charge in [-0.3, -0.25) is 19.1 Å². The van der Waals surface area contributed by atoms with E-state index >= 15 is 8.78 Å². The van der Waals surface area contributed by atoms with Gasteiger partial charge < -0.3 is 38.9 Å². The number of carbonyl (C=O) groups excluding carboxylic acids is 3. The highest BCUT2D eigenvalue weighted by Gasteiger charge is 2.45. The molecule has 7 aromatic rings. The Labute approximate surface area is 458 Å². The molecule has 0 radical (unpaired) electrons. The molecular weight excluding hydrogens is 1070 g/mol. The van der Waals surface area contributed by atoms with E-state index in [1.54, 1.807) is 60.9 Å². The Balaban J connectivity index is 0.686. The van der Waals surface area contributed by atoms with Crippen LogP contribution in [0, 0.1) is 37.3 Å². The number of thiazole rings is 1. The third-order valence-electron chi connectivity index (χ3n) is 14.1. The van der Waals surface area contributed by atoms with E-state index in [0.717, 1.165) is 38.1 Å². The maximum Gasteiger partial charge on any atom is 0.301 e. The number of amides is 1. The van der Waals surface area contributed by atoms with Gasteiger partial charge in [0, 0.05) is 60.6 Å². The Morgan fingerprint density at radius 3 is 2.25 bits per heavy atom. The number of carbonyl (C=O) groups is 3. The molecule has 1 unspecified atom stereocenters. The van der Waals surface area contributed by atoms with Gasteiger partial charge in [-0.25, -0.2) is 23.1 Å². The number of aromatic nitrogens is 4. The van der Waals surface area contributed by atoms with Crippen molar-refractivity contribution in [3.8, 4) is 27.3 Å². The number of pyridine rings is 1. The number of nitrogens with one attached hydrogen (secondary N) is 3. The summed E-state index contributed by atoms with van der Waals surface area (Å²) in [6.07, 6.45) is 1.27. The van der Waals surface area contributed by atoms with Crippen molar-refractivity contribution in [1.29, 1.82) is 0 Å². The summed E-state index contributed by atoms with van der Waals surface area (Å²) in [5, 5.41) is 18.1.